The Balaban J connectivity index is 1.26. The van der Waals surface area contributed by atoms with Gasteiger partial charge >= 0.3 is 0 Å². The molecule has 1 aliphatic rings. The molecule has 1 fully saturated rings. The number of rotatable bonds is 9. The first kappa shape index (κ1) is 24.0. The molecule has 3 N–H and O–H groups in total. The van der Waals surface area contributed by atoms with Crippen LogP contribution in [0.15, 0.2) is 78.9 Å². The van der Waals surface area contributed by atoms with Crippen LogP contribution in [-0.2, 0) is 6.61 Å². The van der Waals surface area contributed by atoms with Crippen LogP contribution in [0.1, 0.15) is 42.6 Å². The molecule has 2 atom stereocenters. The van der Waals surface area contributed by atoms with Crippen LogP contribution in [0, 0.1) is 11.8 Å². The number of fused-ring (bicyclic) bond motifs is 1. The zero-order chi connectivity index (χ0) is 24.6. The quantitative estimate of drug-likeness (QED) is 0.285. The van der Waals surface area contributed by atoms with Gasteiger partial charge in [-0.25, -0.2) is 9.97 Å². The van der Waals surface area contributed by atoms with Crippen molar-refractivity contribution in [2.45, 2.75) is 32.3 Å². The SMILES string of the molecule is NCC1CCCC(CNc2nc(/C=C/c3ccc(OCc4ccccc4)cc3)nc3ccccc23)C1. The number of nitrogens with zero attached hydrogens (tertiary/aromatic N) is 2. The van der Waals surface area contributed by atoms with Gasteiger partial charge in [0.15, 0.2) is 5.82 Å². The number of hydrogen-bond acceptors (Lipinski definition) is 5. The molecular weight excluding hydrogens is 444 g/mol. The molecule has 36 heavy (non-hydrogen) atoms. The molecule has 0 aliphatic heterocycles. The zero-order valence-corrected chi connectivity index (χ0v) is 20.6. The topological polar surface area (TPSA) is 73.1 Å². The molecule has 1 saturated carbocycles. The first-order valence-corrected chi connectivity index (χ1v) is 12.9. The summed E-state index contributed by atoms with van der Waals surface area (Å²) in [6.07, 6.45) is 9.00. The highest BCUT2D eigenvalue weighted by molar-refractivity contribution is 5.90. The molecule has 2 unspecified atom stereocenters. The monoisotopic (exact) mass is 478 g/mol. The molecule has 184 valence electrons. The van der Waals surface area contributed by atoms with Crippen molar-refractivity contribution >= 4 is 28.9 Å². The summed E-state index contributed by atoms with van der Waals surface area (Å²) in [5.74, 6) is 3.75. The van der Waals surface area contributed by atoms with E-state index in [2.05, 4.69) is 23.5 Å². The van der Waals surface area contributed by atoms with E-state index in [1.807, 2.05) is 72.8 Å². The molecular formula is C31H34N4O. The van der Waals surface area contributed by atoms with Gasteiger partial charge in [-0.1, -0.05) is 67.1 Å². The molecule has 1 aliphatic carbocycles. The van der Waals surface area contributed by atoms with Gasteiger partial charge in [0.25, 0.3) is 0 Å². The number of para-hydroxylation sites is 1. The first-order chi connectivity index (χ1) is 17.8. The van der Waals surface area contributed by atoms with Gasteiger partial charge in [0.1, 0.15) is 18.2 Å². The van der Waals surface area contributed by atoms with E-state index >= 15 is 0 Å². The summed E-state index contributed by atoms with van der Waals surface area (Å²) in [7, 11) is 0. The molecule has 0 radical (unpaired) electrons. The van der Waals surface area contributed by atoms with Crippen LogP contribution in [0.2, 0.25) is 0 Å². The lowest BCUT2D eigenvalue weighted by Crippen LogP contribution is -2.26. The normalized spacial score (nSPS) is 17.9. The number of nitrogens with one attached hydrogen (secondary N) is 1. The van der Waals surface area contributed by atoms with Crippen molar-refractivity contribution in [3.05, 3.63) is 95.8 Å². The molecule has 0 saturated heterocycles. The Labute approximate surface area is 213 Å². The third-order valence-electron chi connectivity index (χ3n) is 6.96. The minimum atomic E-state index is 0.560. The van der Waals surface area contributed by atoms with Crippen LogP contribution in [-0.4, -0.2) is 23.1 Å². The summed E-state index contributed by atoms with van der Waals surface area (Å²) >= 11 is 0. The maximum absolute atomic E-state index is 5.94. The van der Waals surface area contributed by atoms with Gasteiger partial charge in [-0.2, -0.15) is 0 Å². The van der Waals surface area contributed by atoms with Gasteiger partial charge in [0, 0.05) is 11.9 Å². The van der Waals surface area contributed by atoms with Crippen molar-refractivity contribution in [1.82, 2.24) is 9.97 Å². The lowest BCUT2D eigenvalue weighted by molar-refractivity contribution is 0.281. The van der Waals surface area contributed by atoms with E-state index in [4.69, 9.17) is 20.4 Å². The van der Waals surface area contributed by atoms with E-state index < -0.39 is 0 Å². The Bertz CT molecular complexity index is 1290. The van der Waals surface area contributed by atoms with Gasteiger partial charge in [-0.15, -0.1) is 0 Å². The van der Waals surface area contributed by atoms with Gasteiger partial charge < -0.3 is 15.8 Å². The van der Waals surface area contributed by atoms with Crippen molar-refractivity contribution < 1.29 is 4.74 Å². The molecule has 0 amide bonds. The van der Waals surface area contributed by atoms with Crippen molar-refractivity contribution in [1.29, 1.82) is 0 Å². The van der Waals surface area contributed by atoms with Crippen LogP contribution in [0.4, 0.5) is 5.82 Å². The molecule has 4 aromatic rings. The fraction of sp³-hybridized carbons (Fsp3) is 0.290. The van der Waals surface area contributed by atoms with E-state index in [1.54, 1.807) is 0 Å². The van der Waals surface area contributed by atoms with Crippen LogP contribution in [0.5, 0.6) is 5.75 Å². The van der Waals surface area contributed by atoms with Crippen LogP contribution >= 0.6 is 0 Å². The van der Waals surface area contributed by atoms with Gasteiger partial charge in [0.2, 0.25) is 0 Å². The number of anilines is 1. The molecule has 0 bridgehead atoms. The minimum absolute atomic E-state index is 0.560. The molecule has 5 nitrogen and oxygen atoms in total. The fourth-order valence-corrected chi connectivity index (χ4v) is 4.93. The standard InChI is InChI=1S/C31H34N4O/c32-20-25-9-6-10-26(19-25)21-33-31-28-11-4-5-12-29(28)34-30(35-31)18-15-23-13-16-27(17-14-23)36-22-24-7-2-1-3-8-24/h1-5,7-8,11-18,25-26H,6,9-10,19-22,32H2,(H,33,34,35)/b18-15+. The first-order valence-electron chi connectivity index (χ1n) is 12.9. The van der Waals surface area contributed by atoms with Crippen molar-refractivity contribution in [3.63, 3.8) is 0 Å². The highest BCUT2D eigenvalue weighted by Gasteiger charge is 2.21. The van der Waals surface area contributed by atoms with Gasteiger partial charge in [-0.3, -0.25) is 0 Å². The predicted molar refractivity (Wildman–Crippen MR) is 149 cm³/mol. The molecule has 3 aromatic carbocycles. The second kappa shape index (κ2) is 11.8. The van der Waals surface area contributed by atoms with E-state index in [1.165, 1.54) is 25.7 Å². The highest BCUT2D eigenvalue weighted by Crippen LogP contribution is 2.29. The zero-order valence-electron chi connectivity index (χ0n) is 20.6. The number of nitrogens with two attached hydrogens (primary N) is 1. The Morgan fingerprint density at radius 2 is 1.64 bits per heavy atom. The van der Waals surface area contributed by atoms with Crippen LogP contribution < -0.4 is 15.8 Å². The van der Waals surface area contributed by atoms with Crippen molar-refractivity contribution in [2.24, 2.45) is 17.6 Å². The molecule has 5 rings (SSSR count). The summed E-state index contributed by atoms with van der Waals surface area (Å²) in [4.78, 5) is 9.63. The average Bonchev–Trinajstić information content (AvgIpc) is 2.95. The molecule has 0 spiro atoms. The minimum Gasteiger partial charge on any atom is -0.489 e. The van der Waals surface area contributed by atoms with E-state index in [0.29, 0.717) is 24.3 Å². The van der Waals surface area contributed by atoms with Gasteiger partial charge in [-0.05, 0) is 79.1 Å². The molecule has 5 heteroatoms. The maximum Gasteiger partial charge on any atom is 0.154 e. The number of aromatic nitrogens is 2. The summed E-state index contributed by atoms with van der Waals surface area (Å²) in [6.45, 7) is 2.28. The largest absolute Gasteiger partial charge is 0.489 e. The Morgan fingerprint density at radius 1 is 0.861 bits per heavy atom. The summed E-state index contributed by atoms with van der Waals surface area (Å²) in [6, 6.07) is 26.5. The smallest absolute Gasteiger partial charge is 0.154 e. The summed E-state index contributed by atoms with van der Waals surface area (Å²) < 4.78 is 5.90. The van der Waals surface area contributed by atoms with E-state index in [-0.39, 0.29) is 0 Å². The van der Waals surface area contributed by atoms with Gasteiger partial charge in [0.05, 0.1) is 5.52 Å². The highest BCUT2D eigenvalue weighted by atomic mass is 16.5. The van der Waals surface area contributed by atoms with Crippen molar-refractivity contribution in [2.75, 3.05) is 18.4 Å². The van der Waals surface area contributed by atoms with Crippen molar-refractivity contribution in [3.8, 4) is 5.75 Å². The van der Waals surface area contributed by atoms with Crippen LogP contribution in [0.3, 0.4) is 0 Å². The predicted octanol–water partition coefficient (Wildman–Crippen LogP) is 6.56. The lowest BCUT2D eigenvalue weighted by Gasteiger charge is -2.28. The third kappa shape index (κ3) is 6.29. The second-order valence-corrected chi connectivity index (χ2v) is 9.64. The fourth-order valence-electron chi connectivity index (χ4n) is 4.93. The van der Waals surface area contributed by atoms with Crippen LogP contribution in [0.25, 0.3) is 23.1 Å². The summed E-state index contributed by atoms with van der Waals surface area (Å²) in [5.41, 5.74) is 9.11. The molecule has 1 aromatic heterocycles. The average molecular weight is 479 g/mol. The number of benzene rings is 3. The lowest BCUT2D eigenvalue weighted by atomic mass is 9.81. The Morgan fingerprint density at radius 3 is 2.47 bits per heavy atom. The van der Waals surface area contributed by atoms with E-state index in [9.17, 15) is 0 Å². The van der Waals surface area contributed by atoms with E-state index in [0.717, 1.165) is 46.7 Å². The second-order valence-electron chi connectivity index (χ2n) is 9.64. The summed E-state index contributed by atoms with van der Waals surface area (Å²) in [5, 5.41) is 4.69. The number of hydrogen-bond donors (Lipinski definition) is 2. The Kier molecular flexibility index (Phi) is 7.89. The molecule has 1 heterocycles. The maximum atomic E-state index is 5.94. The third-order valence-corrected chi connectivity index (χ3v) is 6.96. The number of ether oxygens (including phenoxy) is 1. The Hall–Kier alpha value is -3.70.